The first-order valence-electron chi connectivity index (χ1n) is 6.19. The zero-order chi connectivity index (χ0) is 13.4. The van der Waals surface area contributed by atoms with Gasteiger partial charge in [-0.05, 0) is 32.4 Å². The highest BCUT2D eigenvalue weighted by atomic mass is 16.5. The lowest BCUT2D eigenvalue weighted by molar-refractivity contribution is 0.0944. The molecule has 0 fully saturated rings. The first-order valence-corrected chi connectivity index (χ1v) is 6.19. The van der Waals surface area contributed by atoms with E-state index in [1.807, 2.05) is 13.8 Å². The SMILES string of the molecule is CCOCCCNC(=O)c1cc(C)nc(NC)c1. The molecule has 1 amide bonds. The molecule has 5 nitrogen and oxygen atoms in total. The molecule has 1 aromatic heterocycles. The van der Waals surface area contributed by atoms with E-state index in [0.717, 1.165) is 12.1 Å². The third-order valence-corrected chi connectivity index (χ3v) is 2.43. The third kappa shape index (κ3) is 4.71. The maximum atomic E-state index is 11.9. The largest absolute Gasteiger partial charge is 0.382 e. The number of carbonyl (C=O) groups is 1. The van der Waals surface area contributed by atoms with E-state index in [2.05, 4.69) is 15.6 Å². The Morgan fingerprint density at radius 3 is 2.89 bits per heavy atom. The maximum absolute atomic E-state index is 11.9. The first kappa shape index (κ1) is 14.4. The molecule has 0 spiro atoms. The number of nitrogens with zero attached hydrogens (tertiary/aromatic N) is 1. The summed E-state index contributed by atoms with van der Waals surface area (Å²) in [6.07, 6.45) is 0.822. The fraction of sp³-hybridized carbons (Fsp3) is 0.538. The molecule has 0 saturated carbocycles. The maximum Gasteiger partial charge on any atom is 0.251 e. The molecule has 1 heterocycles. The standard InChI is InChI=1S/C13H21N3O2/c1-4-18-7-5-6-15-13(17)11-8-10(2)16-12(9-11)14-3/h8-9H,4-7H2,1-3H3,(H,14,16)(H,15,17). The van der Waals surface area contributed by atoms with Crippen LogP contribution in [0.1, 0.15) is 29.4 Å². The number of amides is 1. The molecule has 0 atom stereocenters. The summed E-state index contributed by atoms with van der Waals surface area (Å²) in [5.74, 6) is 0.628. The predicted molar refractivity (Wildman–Crippen MR) is 72.0 cm³/mol. The van der Waals surface area contributed by atoms with E-state index in [1.54, 1.807) is 19.2 Å². The Morgan fingerprint density at radius 1 is 1.44 bits per heavy atom. The summed E-state index contributed by atoms with van der Waals surface area (Å²) in [7, 11) is 1.78. The number of hydrogen-bond donors (Lipinski definition) is 2. The summed E-state index contributed by atoms with van der Waals surface area (Å²) in [6.45, 7) is 5.83. The summed E-state index contributed by atoms with van der Waals surface area (Å²) >= 11 is 0. The highest BCUT2D eigenvalue weighted by Gasteiger charge is 2.07. The number of ether oxygens (including phenoxy) is 1. The number of pyridine rings is 1. The smallest absolute Gasteiger partial charge is 0.251 e. The second-order valence-corrected chi connectivity index (χ2v) is 3.94. The van der Waals surface area contributed by atoms with Crippen molar-refractivity contribution < 1.29 is 9.53 Å². The van der Waals surface area contributed by atoms with Crippen LogP contribution in [0, 0.1) is 6.92 Å². The molecule has 0 radical (unpaired) electrons. The van der Waals surface area contributed by atoms with Gasteiger partial charge in [0, 0.05) is 38.1 Å². The molecule has 18 heavy (non-hydrogen) atoms. The number of anilines is 1. The van der Waals surface area contributed by atoms with E-state index < -0.39 is 0 Å². The topological polar surface area (TPSA) is 63.2 Å². The molecule has 0 aliphatic heterocycles. The number of carbonyl (C=O) groups excluding carboxylic acids is 1. The van der Waals surface area contributed by atoms with E-state index in [4.69, 9.17) is 4.74 Å². The van der Waals surface area contributed by atoms with Gasteiger partial charge in [0.05, 0.1) is 0 Å². The van der Waals surface area contributed by atoms with Crippen molar-refractivity contribution >= 4 is 11.7 Å². The Hall–Kier alpha value is -1.62. The first-order chi connectivity index (χ1) is 8.67. The van der Waals surface area contributed by atoms with Crippen LogP contribution in [0.25, 0.3) is 0 Å². The Bertz CT molecular complexity index is 394. The molecule has 1 rings (SSSR count). The highest BCUT2D eigenvalue weighted by molar-refractivity contribution is 5.94. The van der Waals surface area contributed by atoms with Gasteiger partial charge in [-0.25, -0.2) is 4.98 Å². The molecule has 5 heteroatoms. The molecule has 100 valence electrons. The Balaban J connectivity index is 2.48. The number of hydrogen-bond acceptors (Lipinski definition) is 4. The zero-order valence-corrected chi connectivity index (χ0v) is 11.2. The van der Waals surface area contributed by atoms with Crippen molar-refractivity contribution in [3.8, 4) is 0 Å². The Kier molecular flexibility index (Phi) is 6.14. The number of aryl methyl sites for hydroxylation is 1. The van der Waals surface area contributed by atoms with Gasteiger partial charge in [-0.15, -0.1) is 0 Å². The van der Waals surface area contributed by atoms with Gasteiger partial charge in [0.25, 0.3) is 5.91 Å². The molecule has 0 bridgehead atoms. The lowest BCUT2D eigenvalue weighted by Gasteiger charge is -2.08. The lowest BCUT2D eigenvalue weighted by Crippen LogP contribution is -2.25. The minimum Gasteiger partial charge on any atom is -0.382 e. The van der Waals surface area contributed by atoms with Gasteiger partial charge < -0.3 is 15.4 Å². The molecule has 0 aromatic carbocycles. The highest BCUT2D eigenvalue weighted by Crippen LogP contribution is 2.09. The monoisotopic (exact) mass is 251 g/mol. The average Bonchev–Trinajstić information content (AvgIpc) is 2.37. The Morgan fingerprint density at radius 2 is 2.22 bits per heavy atom. The van der Waals surface area contributed by atoms with Crippen molar-refractivity contribution in [2.45, 2.75) is 20.3 Å². The summed E-state index contributed by atoms with van der Waals surface area (Å²) < 4.78 is 5.21. The molecular weight excluding hydrogens is 230 g/mol. The summed E-state index contributed by atoms with van der Waals surface area (Å²) in [5.41, 5.74) is 1.45. The summed E-state index contributed by atoms with van der Waals surface area (Å²) in [4.78, 5) is 16.1. The van der Waals surface area contributed by atoms with E-state index in [9.17, 15) is 4.79 Å². The van der Waals surface area contributed by atoms with Crippen LogP contribution in [0.3, 0.4) is 0 Å². The van der Waals surface area contributed by atoms with Gasteiger partial charge in [-0.1, -0.05) is 0 Å². The quantitative estimate of drug-likeness (QED) is 0.722. The summed E-state index contributed by atoms with van der Waals surface area (Å²) in [6, 6.07) is 3.52. The van der Waals surface area contributed by atoms with E-state index in [-0.39, 0.29) is 5.91 Å². The second kappa shape index (κ2) is 7.66. The van der Waals surface area contributed by atoms with Crippen LogP contribution in [0.15, 0.2) is 12.1 Å². The van der Waals surface area contributed by atoms with Gasteiger partial charge in [-0.3, -0.25) is 4.79 Å². The molecule has 1 aromatic rings. The van der Waals surface area contributed by atoms with Gasteiger partial charge >= 0.3 is 0 Å². The van der Waals surface area contributed by atoms with E-state index in [1.165, 1.54) is 0 Å². The zero-order valence-electron chi connectivity index (χ0n) is 11.2. The van der Waals surface area contributed by atoms with Gasteiger partial charge in [-0.2, -0.15) is 0 Å². The Labute approximate surface area is 108 Å². The second-order valence-electron chi connectivity index (χ2n) is 3.94. The molecule has 0 unspecified atom stereocenters. The van der Waals surface area contributed by atoms with Crippen LogP contribution >= 0.6 is 0 Å². The fourth-order valence-corrected chi connectivity index (χ4v) is 1.55. The molecule has 0 aliphatic carbocycles. The number of aromatic nitrogens is 1. The minimum atomic E-state index is -0.0755. The van der Waals surface area contributed by atoms with Gasteiger partial charge in [0.2, 0.25) is 0 Å². The van der Waals surface area contributed by atoms with E-state index >= 15 is 0 Å². The molecule has 0 saturated heterocycles. The number of rotatable bonds is 7. The molecular formula is C13H21N3O2. The lowest BCUT2D eigenvalue weighted by atomic mass is 10.2. The minimum absolute atomic E-state index is 0.0755. The van der Waals surface area contributed by atoms with Gasteiger partial charge in [0.1, 0.15) is 5.82 Å². The van der Waals surface area contributed by atoms with Crippen LogP contribution in [0.5, 0.6) is 0 Å². The average molecular weight is 251 g/mol. The van der Waals surface area contributed by atoms with Crippen molar-refractivity contribution in [1.29, 1.82) is 0 Å². The normalized spacial score (nSPS) is 10.2. The number of nitrogens with one attached hydrogen (secondary N) is 2. The fourth-order valence-electron chi connectivity index (χ4n) is 1.55. The van der Waals surface area contributed by atoms with Crippen LogP contribution in [0.2, 0.25) is 0 Å². The van der Waals surface area contributed by atoms with Gasteiger partial charge in [0.15, 0.2) is 0 Å². The predicted octanol–water partition coefficient (Wildman–Crippen LogP) is 1.59. The van der Waals surface area contributed by atoms with Crippen molar-refractivity contribution in [3.05, 3.63) is 23.4 Å². The third-order valence-electron chi connectivity index (χ3n) is 2.43. The van der Waals surface area contributed by atoms with Crippen molar-refractivity contribution in [3.63, 3.8) is 0 Å². The van der Waals surface area contributed by atoms with Crippen molar-refractivity contribution in [2.75, 3.05) is 32.1 Å². The van der Waals surface area contributed by atoms with Crippen LogP contribution < -0.4 is 10.6 Å². The summed E-state index contributed by atoms with van der Waals surface area (Å²) in [5, 5.41) is 5.80. The van der Waals surface area contributed by atoms with Crippen molar-refractivity contribution in [1.82, 2.24) is 10.3 Å². The van der Waals surface area contributed by atoms with E-state index in [0.29, 0.717) is 31.1 Å². The van der Waals surface area contributed by atoms with Crippen molar-refractivity contribution in [2.24, 2.45) is 0 Å². The van der Waals surface area contributed by atoms with Crippen LogP contribution in [-0.2, 0) is 4.74 Å². The van der Waals surface area contributed by atoms with Crippen LogP contribution in [0.4, 0.5) is 5.82 Å². The molecule has 2 N–H and O–H groups in total. The molecule has 0 aliphatic rings. The van der Waals surface area contributed by atoms with Crippen LogP contribution in [-0.4, -0.2) is 37.7 Å².